The molecule has 156 valence electrons. The van der Waals surface area contributed by atoms with Crippen molar-refractivity contribution in [3.8, 4) is 5.75 Å². The molecule has 29 heavy (non-hydrogen) atoms. The van der Waals surface area contributed by atoms with Crippen molar-refractivity contribution in [3.63, 3.8) is 0 Å². The van der Waals surface area contributed by atoms with E-state index in [1.54, 1.807) is 7.11 Å². The summed E-state index contributed by atoms with van der Waals surface area (Å²) in [7, 11) is 1.65. The minimum absolute atomic E-state index is 0.00245. The van der Waals surface area contributed by atoms with Gasteiger partial charge in [0.1, 0.15) is 5.75 Å². The summed E-state index contributed by atoms with van der Waals surface area (Å²) in [5, 5.41) is 3.02. The van der Waals surface area contributed by atoms with Crippen molar-refractivity contribution in [1.82, 2.24) is 10.2 Å². The first kappa shape index (κ1) is 20.8. The number of nitrogens with one attached hydrogen (secondary N) is 1. The highest BCUT2D eigenvalue weighted by Gasteiger charge is 2.21. The van der Waals surface area contributed by atoms with Crippen LogP contribution in [0.25, 0.3) is 0 Å². The Balaban J connectivity index is 1.47. The van der Waals surface area contributed by atoms with Crippen LogP contribution in [-0.4, -0.2) is 57.3 Å². The maximum Gasteiger partial charge on any atom is 0.317 e. The zero-order valence-corrected chi connectivity index (χ0v) is 17.7. The number of carbonyl (C=O) groups excluding carboxylic acids is 1. The molecule has 0 saturated carbocycles. The number of ether oxygens (including phenoxy) is 1. The van der Waals surface area contributed by atoms with E-state index in [9.17, 15) is 4.79 Å². The van der Waals surface area contributed by atoms with Gasteiger partial charge < -0.3 is 24.8 Å². The summed E-state index contributed by atoms with van der Waals surface area (Å²) >= 11 is 0. The van der Waals surface area contributed by atoms with Crippen LogP contribution in [-0.2, 0) is 6.54 Å². The van der Waals surface area contributed by atoms with Crippen molar-refractivity contribution < 1.29 is 9.53 Å². The maximum absolute atomic E-state index is 12.5. The number of rotatable bonds is 7. The number of benzene rings is 2. The van der Waals surface area contributed by atoms with Gasteiger partial charge in [-0.2, -0.15) is 0 Å². The first-order valence-electron chi connectivity index (χ1n) is 10.4. The summed E-state index contributed by atoms with van der Waals surface area (Å²) in [6.07, 6.45) is 0. The van der Waals surface area contributed by atoms with Crippen molar-refractivity contribution in [3.05, 3.63) is 54.1 Å². The summed E-state index contributed by atoms with van der Waals surface area (Å²) in [5.41, 5.74) is 3.54. The number of urea groups is 1. The Morgan fingerprint density at radius 3 is 2.14 bits per heavy atom. The number of nitrogens with zero attached hydrogens (tertiary/aromatic N) is 3. The molecule has 3 rings (SSSR count). The topological polar surface area (TPSA) is 48.0 Å². The lowest BCUT2D eigenvalue weighted by Crippen LogP contribution is -2.51. The van der Waals surface area contributed by atoms with E-state index >= 15 is 0 Å². The Labute approximate surface area is 174 Å². The molecule has 0 bridgehead atoms. The third-order valence-electron chi connectivity index (χ3n) is 5.51. The number of piperazine rings is 1. The summed E-state index contributed by atoms with van der Waals surface area (Å²) in [4.78, 5) is 19.1. The first-order chi connectivity index (χ1) is 14.1. The molecule has 1 aliphatic heterocycles. The number of methoxy groups -OCH3 is 1. The van der Waals surface area contributed by atoms with Crippen molar-refractivity contribution in [2.24, 2.45) is 0 Å². The summed E-state index contributed by atoms with van der Waals surface area (Å²) in [6, 6.07) is 16.5. The van der Waals surface area contributed by atoms with Gasteiger partial charge in [0.25, 0.3) is 0 Å². The molecule has 0 aromatic heterocycles. The van der Waals surface area contributed by atoms with Crippen molar-refractivity contribution in [2.45, 2.75) is 20.4 Å². The molecule has 1 aliphatic rings. The van der Waals surface area contributed by atoms with E-state index in [0.29, 0.717) is 6.54 Å². The van der Waals surface area contributed by atoms with E-state index in [4.69, 9.17) is 4.74 Å². The highest BCUT2D eigenvalue weighted by Crippen LogP contribution is 2.22. The highest BCUT2D eigenvalue weighted by atomic mass is 16.5. The predicted molar refractivity (Wildman–Crippen MR) is 119 cm³/mol. The van der Waals surface area contributed by atoms with Gasteiger partial charge in [-0.25, -0.2) is 4.79 Å². The van der Waals surface area contributed by atoms with Crippen molar-refractivity contribution in [1.29, 1.82) is 0 Å². The van der Waals surface area contributed by atoms with Crippen molar-refractivity contribution >= 4 is 17.4 Å². The van der Waals surface area contributed by atoms with E-state index < -0.39 is 0 Å². The smallest absolute Gasteiger partial charge is 0.317 e. The highest BCUT2D eigenvalue weighted by molar-refractivity contribution is 5.74. The van der Waals surface area contributed by atoms with Gasteiger partial charge in [0.05, 0.1) is 7.11 Å². The Bertz CT molecular complexity index is 764. The quantitative estimate of drug-likeness (QED) is 0.777. The first-order valence-corrected chi connectivity index (χ1v) is 10.4. The van der Waals surface area contributed by atoms with E-state index in [2.05, 4.69) is 53.2 Å². The molecular weight excluding hydrogens is 364 g/mol. The average molecular weight is 397 g/mol. The number of anilines is 2. The zero-order valence-electron chi connectivity index (χ0n) is 17.7. The SMILES string of the molecule is CCN(CC)c1ccc(N2CCN(C(=O)NCc3ccc(OC)cc3)CC2)cc1. The lowest BCUT2D eigenvalue weighted by molar-refractivity contribution is 0.194. The molecule has 2 aromatic carbocycles. The number of hydrogen-bond acceptors (Lipinski definition) is 4. The molecule has 2 aromatic rings. The predicted octanol–water partition coefficient (Wildman–Crippen LogP) is 3.57. The molecule has 6 heteroatoms. The van der Waals surface area contributed by atoms with Crippen LogP contribution in [0.5, 0.6) is 5.75 Å². The molecule has 1 heterocycles. The normalized spacial score (nSPS) is 13.9. The summed E-state index contributed by atoms with van der Waals surface area (Å²) in [5.74, 6) is 0.821. The Morgan fingerprint density at radius 1 is 0.966 bits per heavy atom. The van der Waals surface area contributed by atoms with E-state index in [-0.39, 0.29) is 6.03 Å². The van der Waals surface area contributed by atoms with Crippen LogP contribution in [0, 0.1) is 0 Å². The molecule has 0 unspecified atom stereocenters. The van der Waals surface area contributed by atoms with Gasteiger partial charge in [0.2, 0.25) is 0 Å². The van der Waals surface area contributed by atoms with Crippen LogP contribution in [0.4, 0.5) is 16.2 Å². The van der Waals surface area contributed by atoms with Gasteiger partial charge in [-0.05, 0) is 55.8 Å². The van der Waals surface area contributed by atoms with Crippen LogP contribution in [0.2, 0.25) is 0 Å². The van der Waals surface area contributed by atoms with E-state index in [1.807, 2.05) is 29.2 Å². The van der Waals surface area contributed by atoms with Gasteiger partial charge >= 0.3 is 6.03 Å². The van der Waals surface area contributed by atoms with Crippen LogP contribution < -0.4 is 19.9 Å². The van der Waals surface area contributed by atoms with Crippen molar-refractivity contribution in [2.75, 3.05) is 56.2 Å². The number of carbonyl (C=O) groups is 1. The lowest BCUT2D eigenvalue weighted by Gasteiger charge is -2.36. The van der Waals surface area contributed by atoms with Crippen LogP contribution in [0.3, 0.4) is 0 Å². The summed E-state index contributed by atoms with van der Waals surface area (Å²) in [6.45, 7) is 10.1. The Morgan fingerprint density at radius 2 is 1.59 bits per heavy atom. The second-order valence-electron chi connectivity index (χ2n) is 7.17. The zero-order chi connectivity index (χ0) is 20.6. The maximum atomic E-state index is 12.5. The molecule has 0 spiro atoms. The van der Waals surface area contributed by atoms with Gasteiger partial charge in [-0.1, -0.05) is 12.1 Å². The fourth-order valence-electron chi connectivity index (χ4n) is 3.66. The molecule has 0 radical (unpaired) electrons. The van der Waals surface area contributed by atoms with Gasteiger partial charge in [0.15, 0.2) is 0 Å². The summed E-state index contributed by atoms with van der Waals surface area (Å²) < 4.78 is 5.16. The lowest BCUT2D eigenvalue weighted by atomic mass is 10.2. The largest absolute Gasteiger partial charge is 0.497 e. The molecule has 6 nitrogen and oxygen atoms in total. The average Bonchev–Trinajstić information content (AvgIpc) is 2.79. The fraction of sp³-hybridized carbons (Fsp3) is 0.435. The number of amides is 2. The van der Waals surface area contributed by atoms with Gasteiger partial charge in [-0.15, -0.1) is 0 Å². The van der Waals surface area contributed by atoms with Crippen LogP contribution >= 0.6 is 0 Å². The molecule has 0 aliphatic carbocycles. The Hall–Kier alpha value is -2.89. The van der Waals surface area contributed by atoms with Crippen LogP contribution in [0.15, 0.2) is 48.5 Å². The molecular formula is C23H32N4O2. The van der Waals surface area contributed by atoms with Gasteiger partial charge in [0, 0.05) is 57.2 Å². The second kappa shape index (κ2) is 10.0. The molecule has 2 amide bonds. The molecule has 1 fully saturated rings. The fourth-order valence-corrected chi connectivity index (χ4v) is 3.66. The number of hydrogen-bond donors (Lipinski definition) is 1. The molecule has 0 atom stereocenters. The van der Waals surface area contributed by atoms with E-state index in [0.717, 1.165) is 50.6 Å². The van der Waals surface area contributed by atoms with E-state index in [1.165, 1.54) is 11.4 Å². The Kier molecular flexibility index (Phi) is 7.22. The third kappa shape index (κ3) is 5.34. The standard InChI is InChI=1S/C23H32N4O2/c1-4-25(5-2)20-8-10-21(11-9-20)26-14-16-27(17-15-26)23(28)24-18-19-6-12-22(29-3)13-7-19/h6-13H,4-5,14-18H2,1-3H3,(H,24,28). The minimum Gasteiger partial charge on any atom is -0.497 e. The monoisotopic (exact) mass is 396 g/mol. The van der Waals surface area contributed by atoms with Crippen LogP contribution in [0.1, 0.15) is 19.4 Å². The minimum atomic E-state index is -0.00245. The molecule has 1 N–H and O–H groups in total. The molecule has 1 saturated heterocycles. The second-order valence-corrected chi connectivity index (χ2v) is 7.17. The third-order valence-corrected chi connectivity index (χ3v) is 5.51. The van der Waals surface area contributed by atoms with Gasteiger partial charge in [-0.3, -0.25) is 0 Å².